The van der Waals surface area contributed by atoms with E-state index in [4.69, 9.17) is 4.74 Å². The van der Waals surface area contributed by atoms with Crippen LogP contribution in [-0.2, 0) is 9.59 Å². The van der Waals surface area contributed by atoms with Gasteiger partial charge in [-0.05, 0) is 68.5 Å². The highest BCUT2D eigenvalue weighted by Gasteiger charge is 2.17. The predicted molar refractivity (Wildman–Crippen MR) is 142 cm³/mol. The molecule has 0 aliphatic carbocycles. The molecule has 3 aromatic rings. The highest BCUT2D eigenvalue weighted by atomic mass is 16.5. The van der Waals surface area contributed by atoms with Crippen molar-refractivity contribution < 1.29 is 14.3 Å². The van der Waals surface area contributed by atoms with Gasteiger partial charge in [-0.3, -0.25) is 14.5 Å². The van der Waals surface area contributed by atoms with Gasteiger partial charge in [-0.1, -0.05) is 54.6 Å². The molecule has 6 heteroatoms. The number of nitrogens with one attached hydrogen (secondary N) is 2. The third kappa shape index (κ3) is 7.97. The monoisotopic (exact) mass is 473 g/mol. The summed E-state index contributed by atoms with van der Waals surface area (Å²) in [5.74, 6) is 0.511. The third-order valence-corrected chi connectivity index (χ3v) is 5.86. The first kappa shape index (κ1) is 26.0. The average Bonchev–Trinajstić information content (AvgIpc) is 2.82. The highest BCUT2D eigenvalue weighted by molar-refractivity contribution is 5.96. The van der Waals surface area contributed by atoms with Crippen LogP contribution < -0.4 is 15.4 Å². The van der Waals surface area contributed by atoms with Gasteiger partial charge in [0.25, 0.3) is 0 Å². The minimum absolute atomic E-state index is 0.110. The molecule has 0 aromatic heterocycles. The molecule has 0 fully saturated rings. The lowest BCUT2D eigenvalue weighted by Crippen LogP contribution is -2.40. The summed E-state index contributed by atoms with van der Waals surface area (Å²) in [6, 6.07) is 21.4. The molecular formula is C29H35N3O3. The van der Waals surface area contributed by atoms with Gasteiger partial charge in [-0.2, -0.15) is 0 Å². The molecule has 0 unspecified atom stereocenters. The lowest BCUT2D eigenvalue weighted by atomic mass is 10.1. The second-order valence-corrected chi connectivity index (χ2v) is 8.86. The van der Waals surface area contributed by atoms with Gasteiger partial charge in [0.2, 0.25) is 11.8 Å². The largest absolute Gasteiger partial charge is 0.494 e. The molecule has 0 spiro atoms. The molecule has 184 valence electrons. The van der Waals surface area contributed by atoms with Gasteiger partial charge in [0.15, 0.2) is 0 Å². The van der Waals surface area contributed by atoms with Gasteiger partial charge in [0.1, 0.15) is 5.75 Å². The maximum absolute atomic E-state index is 12.9. The number of nitrogens with zero attached hydrogens (tertiary/aromatic N) is 1. The number of rotatable bonds is 11. The van der Waals surface area contributed by atoms with Crippen LogP contribution in [-0.4, -0.2) is 43.0 Å². The summed E-state index contributed by atoms with van der Waals surface area (Å²) in [6.45, 7) is 9.15. The number of carbonyl (C=O) groups excluding carboxylic acids is 2. The molecule has 0 saturated heterocycles. The van der Waals surface area contributed by atoms with Gasteiger partial charge in [-0.15, -0.1) is 0 Å². The van der Waals surface area contributed by atoms with Gasteiger partial charge < -0.3 is 15.4 Å². The lowest BCUT2D eigenvalue weighted by molar-refractivity contribution is -0.120. The molecule has 3 rings (SSSR count). The van der Waals surface area contributed by atoms with E-state index in [1.165, 1.54) is 0 Å². The molecule has 2 amide bonds. The van der Waals surface area contributed by atoms with E-state index in [0.717, 1.165) is 39.4 Å². The van der Waals surface area contributed by atoms with Crippen LogP contribution in [0.2, 0.25) is 0 Å². The van der Waals surface area contributed by atoms with Gasteiger partial charge >= 0.3 is 0 Å². The Bertz CT molecular complexity index is 1040. The van der Waals surface area contributed by atoms with Gasteiger partial charge in [0.05, 0.1) is 19.7 Å². The fraction of sp³-hybridized carbons (Fsp3) is 0.310. The van der Waals surface area contributed by atoms with E-state index in [1.54, 1.807) is 0 Å². The third-order valence-electron chi connectivity index (χ3n) is 5.86. The SMILES string of the molecule is Cc1cccc(C)c1NC(=O)CN(CCCOc1ccccc1)CC(=O)Nc1c(C)cccc1C. The Hall–Kier alpha value is -3.64. The van der Waals surface area contributed by atoms with Crippen molar-refractivity contribution in [2.75, 3.05) is 36.9 Å². The van der Waals surface area contributed by atoms with E-state index in [1.807, 2.05) is 99.3 Å². The summed E-state index contributed by atoms with van der Waals surface area (Å²) < 4.78 is 5.79. The predicted octanol–water partition coefficient (Wildman–Crippen LogP) is 5.27. The van der Waals surface area contributed by atoms with Crippen molar-refractivity contribution in [3.63, 3.8) is 0 Å². The molecule has 0 bridgehead atoms. The molecule has 0 saturated carbocycles. The van der Waals surface area contributed by atoms with Crippen LogP contribution >= 0.6 is 0 Å². The minimum Gasteiger partial charge on any atom is -0.494 e. The Labute approximate surface area is 208 Å². The summed E-state index contributed by atoms with van der Waals surface area (Å²) in [5, 5.41) is 6.05. The Kier molecular flexibility index (Phi) is 9.44. The highest BCUT2D eigenvalue weighted by Crippen LogP contribution is 2.20. The standard InChI is InChI=1S/C29H35N3O3/c1-21-11-8-12-22(2)28(21)30-26(33)19-32(17-10-18-35-25-15-6-5-7-16-25)20-27(34)31-29-23(3)13-9-14-24(29)4/h5-9,11-16H,10,17-20H2,1-4H3,(H,30,33)(H,31,34). The Morgan fingerprint density at radius 3 is 1.60 bits per heavy atom. The number of hydrogen-bond donors (Lipinski definition) is 2. The fourth-order valence-electron chi connectivity index (χ4n) is 4.00. The van der Waals surface area contributed by atoms with Gasteiger partial charge in [-0.25, -0.2) is 0 Å². The number of para-hydroxylation sites is 3. The molecule has 2 N–H and O–H groups in total. The smallest absolute Gasteiger partial charge is 0.238 e. The first-order valence-electron chi connectivity index (χ1n) is 12.0. The van der Waals surface area contributed by atoms with Crippen molar-refractivity contribution >= 4 is 23.2 Å². The van der Waals surface area contributed by atoms with Crippen molar-refractivity contribution in [2.45, 2.75) is 34.1 Å². The lowest BCUT2D eigenvalue weighted by Gasteiger charge is -2.22. The number of carbonyl (C=O) groups is 2. The van der Waals surface area contributed by atoms with Crippen LogP contribution in [0.15, 0.2) is 66.7 Å². The van der Waals surface area contributed by atoms with Crippen molar-refractivity contribution in [1.82, 2.24) is 4.90 Å². The fourth-order valence-corrected chi connectivity index (χ4v) is 4.00. The number of amides is 2. The van der Waals surface area contributed by atoms with Gasteiger partial charge in [0, 0.05) is 17.9 Å². The molecule has 0 atom stereocenters. The number of aryl methyl sites for hydroxylation is 4. The van der Waals surface area contributed by atoms with E-state index in [2.05, 4.69) is 10.6 Å². The zero-order valence-electron chi connectivity index (χ0n) is 21.1. The second-order valence-electron chi connectivity index (χ2n) is 8.86. The van der Waals surface area contributed by atoms with E-state index in [9.17, 15) is 9.59 Å². The van der Waals surface area contributed by atoms with E-state index < -0.39 is 0 Å². The van der Waals surface area contributed by atoms with Crippen LogP contribution in [0, 0.1) is 27.7 Å². The summed E-state index contributed by atoms with van der Waals surface area (Å²) in [5.41, 5.74) is 5.68. The van der Waals surface area contributed by atoms with E-state index in [-0.39, 0.29) is 24.9 Å². The molecule has 35 heavy (non-hydrogen) atoms. The van der Waals surface area contributed by atoms with E-state index in [0.29, 0.717) is 19.6 Å². The summed E-state index contributed by atoms with van der Waals surface area (Å²) in [7, 11) is 0. The van der Waals surface area contributed by atoms with Crippen molar-refractivity contribution in [3.05, 3.63) is 89.0 Å². The van der Waals surface area contributed by atoms with Crippen LogP contribution in [0.4, 0.5) is 11.4 Å². The molecule has 0 aliphatic rings. The minimum atomic E-state index is -0.147. The summed E-state index contributed by atoms with van der Waals surface area (Å²) >= 11 is 0. The van der Waals surface area contributed by atoms with Crippen molar-refractivity contribution in [1.29, 1.82) is 0 Å². The zero-order chi connectivity index (χ0) is 25.2. The molecule has 0 aliphatic heterocycles. The van der Waals surface area contributed by atoms with E-state index >= 15 is 0 Å². The zero-order valence-corrected chi connectivity index (χ0v) is 21.1. The van der Waals surface area contributed by atoms with Crippen molar-refractivity contribution in [2.24, 2.45) is 0 Å². The Morgan fingerprint density at radius 1 is 0.686 bits per heavy atom. The van der Waals surface area contributed by atoms with Crippen LogP contribution in [0.25, 0.3) is 0 Å². The first-order valence-corrected chi connectivity index (χ1v) is 12.0. The molecule has 6 nitrogen and oxygen atoms in total. The number of ether oxygens (including phenoxy) is 1. The van der Waals surface area contributed by atoms with Crippen LogP contribution in [0.1, 0.15) is 28.7 Å². The first-order chi connectivity index (χ1) is 16.8. The normalized spacial score (nSPS) is 10.8. The maximum atomic E-state index is 12.9. The number of hydrogen-bond acceptors (Lipinski definition) is 4. The maximum Gasteiger partial charge on any atom is 0.238 e. The topological polar surface area (TPSA) is 70.7 Å². The quantitative estimate of drug-likeness (QED) is 0.372. The van der Waals surface area contributed by atoms with Crippen LogP contribution in [0.3, 0.4) is 0 Å². The molecule has 3 aromatic carbocycles. The number of benzene rings is 3. The Morgan fingerprint density at radius 2 is 1.14 bits per heavy atom. The molecule has 0 heterocycles. The van der Waals surface area contributed by atoms with Crippen molar-refractivity contribution in [3.8, 4) is 5.75 Å². The van der Waals surface area contributed by atoms with Crippen LogP contribution in [0.5, 0.6) is 5.75 Å². The Balaban J connectivity index is 1.63. The summed E-state index contributed by atoms with van der Waals surface area (Å²) in [6.07, 6.45) is 0.683. The average molecular weight is 474 g/mol. The molecule has 0 radical (unpaired) electrons. The summed E-state index contributed by atoms with van der Waals surface area (Å²) in [4.78, 5) is 27.7. The molecular weight excluding hydrogens is 438 g/mol. The number of anilines is 2. The second kappa shape index (κ2) is 12.7.